The summed E-state index contributed by atoms with van der Waals surface area (Å²) >= 11 is 0. The van der Waals surface area contributed by atoms with E-state index in [-0.39, 0.29) is 5.91 Å². The second kappa shape index (κ2) is 6.23. The van der Waals surface area contributed by atoms with Gasteiger partial charge in [-0.1, -0.05) is 0 Å². The van der Waals surface area contributed by atoms with Gasteiger partial charge in [0, 0.05) is 36.9 Å². The number of hydrogen-bond acceptors (Lipinski definition) is 4. The Morgan fingerprint density at radius 3 is 2.62 bits per heavy atom. The minimum absolute atomic E-state index is 0.276. The Morgan fingerprint density at radius 1 is 1.12 bits per heavy atom. The maximum absolute atomic E-state index is 12.5. The van der Waals surface area contributed by atoms with Crippen LogP contribution in [0.5, 0.6) is 0 Å². The molecule has 0 fully saturated rings. The van der Waals surface area contributed by atoms with Crippen molar-refractivity contribution in [1.82, 2.24) is 19.7 Å². The van der Waals surface area contributed by atoms with E-state index in [1.807, 2.05) is 39.1 Å². The van der Waals surface area contributed by atoms with E-state index in [0.29, 0.717) is 11.5 Å². The van der Waals surface area contributed by atoms with E-state index in [4.69, 9.17) is 0 Å². The standard InChI is InChI=1S/C18H19N5O/c1-11-10-19-12(2)8-15(11)14-7-13(3)20-16(9-14)18(24)21-17-5-6-23(4)22-17/h5-10H,1-4H3,(H,21,22,24). The topological polar surface area (TPSA) is 72.7 Å². The lowest BCUT2D eigenvalue weighted by Gasteiger charge is -2.10. The van der Waals surface area contributed by atoms with Gasteiger partial charge in [-0.25, -0.2) is 4.98 Å². The molecule has 0 bridgehead atoms. The van der Waals surface area contributed by atoms with Gasteiger partial charge in [-0.15, -0.1) is 0 Å². The summed E-state index contributed by atoms with van der Waals surface area (Å²) in [6, 6.07) is 7.53. The SMILES string of the molecule is Cc1cc(-c2cc(C)nc(C(=O)Nc3ccn(C)n3)c2)c(C)cn1. The molecular weight excluding hydrogens is 302 g/mol. The van der Waals surface area contributed by atoms with Crippen LogP contribution in [0.3, 0.4) is 0 Å². The summed E-state index contributed by atoms with van der Waals surface area (Å²) in [7, 11) is 1.80. The summed E-state index contributed by atoms with van der Waals surface area (Å²) in [4.78, 5) is 21.1. The van der Waals surface area contributed by atoms with Gasteiger partial charge in [0.1, 0.15) is 5.69 Å². The molecule has 0 saturated carbocycles. The van der Waals surface area contributed by atoms with Crippen LogP contribution in [0.1, 0.15) is 27.4 Å². The maximum Gasteiger partial charge on any atom is 0.275 e. The molecule has 0 unspecified atom stereocenters. The molecule has 24 heavy (non-hydrogen) atoms. The van der Waals surface area contributed by atoms with Crippen molar-refractivity contribution < 1.29 is 4.79 Å². The van der Waals surface area contributed by atoms with E-state index in [9.17, 15) is 4.79 Å². The first-order chi connectivity index (χ1) is 11.4. The molecule has 0 spiro atoms. The molecule has 3 aromatic rings. The Bertz CT molecular complexity index is 914. The number of aryl methyl sites for hydroxylation is 4. The molecule has 0 radical (unpaired) electrons. The number of carbonyl (C=O) groups excluding carboxylic acids is 1. The average molecular weight is 321 g/mol. The largest absolute Gasteiger partial charge is 0.304 e. The molecule has 0 aromatic carbocycles. The number of aromatic nitrogens is 4. The van der Waals surface area contributed by atoms with E-state index in [0.717, 1.165) is 28.1 Å². The van der Waals surface area contributed by atoms with Gasteiger partial charge < -0.3 is 5.32 Å². The van der Waals surface area contributed by atoms with Crippen molar-refractivity contribution in [2.45, 2.75) is 20.8 Å². The van der Waals surface area contributed by atoms with Crippen LogP contribution in [-0.2, 0) is 7.05 Å². The third kappa shape index (κ3) is 3.32. The summed E-state index contributed by atoms with van der Waals surface area (Å²) in [5.41, 5.74) is 5.15. The highest BCUT2D eigenvalue weighted by atomic mass is 16.1. The summed E-state index contributed by atoms with van der Waals surface area (Å²) in [5.74, 6) is 0.227. The number of nitrogens with zero attached hydrogens (tertiary/aromatic N) is 4. The number of amides is 1. The van der Waals surface area contributed by atoms with Crippen molar-refractivity contribution in [3.05, 3.63) is 59.3 Å². The van der Waals surface area contributed by atoms with Crippen LogP contribution < -0.4 is 5.32 Å². The van der Waals surface area contributed by atoms with Crippen LogP contribution in [0, 0.1) is 20.8 Å². The minimum Gasteiger partial charge on any atom is -0.304 e. The zero-order chi connectivity index (χ0) is 17.3. The lowest BCUT2D eigenvalue weighted by Crippen LogP contribution is -2.15. The van der Waals surface area contributed by atoms with Crippen LogP contribution in [0.25, 0.3) is 11.1 Å². The van der Waals surface area contributed by atoms with Crippen LogP contribution in [0.4, 0.5) is 5.82 Å². The van der Waals surface area contributed by atoms with Crippen LogP contribution in [-0.4, -0.2) is 25.7 Å². The molecule has 3 heterocycles. The smallest absolute Gasteiger partial charge is 0.275 e. The molecule has 0 aliphatic rings. The second-order valence-electron chi connectivity index (χ2n) is 5.85. The molecule has 3 rings (SSSR count). The van der Waals surface area contributed by atoms with Gasteiger partial charge in [0.05, 0.1) is 0 Å². The molecule has 122 valence electrons. The predicted molar refractivity (Wildman–Crippen MR) is 92.8 cm³/mol. The fourth-order valence-electron chi connectivity index (χ4n) is 2.54. The molecule has 1 N–H and O–H groups in total. The van der Waals surface area contributed by atoms with Crippen molar-refractivity contribution >= 4 is 11.7 Å². The Labute approximate surface area is 140 Å². The van der Waals surface area contributed by atoms with Gasteiger partial charge in [0.25, 0.3) is 5.91 Å². The van der Waals surface area contributed by atoms with Crippen molar-refractivity contribution in [1.29, 1.82) is 0 Å². The van der Waals surface area contributed by atoms with Crippen molar-refractivity contribution in [2.75, 3.05) is 5.32 Å². The molecule has 0 aliphatic heterocycles. The van der Waals surface area contributed by atoms with Gasteiger partial charge in [0.15, 0.2) is 5.82 Å². The zero-order valence-corrected chi connectivity index (χ0v) is 14.2. The minimum atomic E-state index is -0.276. The number of hydrogen-bond donors (Lipinski definition) is 1. The lowest BCUT2D eigenvalue weighted by molar-refractivity contribution is 0.102. The maximum atomic E-state index is 12.5. The zero-order valence-electron chi connectivity index (χ0n) is 14.2. The monoisotopic (exact) mass is 321 g/mol. The summed E-state index contributed by atoms with van der Waals surface area (Å²) in [5, 5.41) is 6.92. The van der Waals surface area contributed by atoms with Crippen molar-refractivity contribution in [3.8, 4) is 11.1 Å². The fourth-order valence-corrected chi connectivity index (χ4v) is 2.54. The second-order valence-corrected chi connectivity index (χ2v) is 5.85. The van der Waals surface area contributed by atoms with Crippen molar-refractivity contribution in [3.63, 3.8) is 0 Å². The van der Waals surface area contributed by atoms with Gasteiger partial charge in [0.2, 0.25) is 0 Å². The average Bonchev–Trinajstić information content (AvgIpc) is 2.94. The van der Waals surface area contributed by atoms with Gasteiger partial charge >= 0.3 is 0 Å². The highest BCUT2D eigenvalue weighted by Crippen LogP contribution is 2.25. The van der Waals surface area contributed by atoms with Crippen LogP contribution in [0.15, 0.2) is 36.7 Å². The highest BCUT2D eigenvalue weighted by Gasteiger charge is 2.13. The van der Waals surface area contributed by atoms with Gasteiger partial charge in [-0.05, 0) is 55.7 Å². The number of anilines is 1. The third-order valence-electron chi connectivity index (χ3n) is 3.69. The van der Waals surface area contributed by atoms with E-state index in [1.165, 1.54) is 0 Å². The van der Waals surface area contributed by atoms with E-state index >= 15 is 0 Å². The summed E-state index contributed by atoms with van der Waals surface area (Å²) in [6.07, 6.45) is 3.61. The van der Waals surface area contributed by atoms with E-state index in [1.54, 1.807) is 30.1 Å². The molecule has 0 saturated heterocycles. The number of carbonyl (C=O) groups is 1. The van der Waals surface area contributed by atoms with Crippen LogP contribution in [0.2, 0.25) is 0 Å². The predicted octanol–water partition coefficient (Wildman–Crippen LogP) is 3.05. The van der Waals surface area contributed by atoms with E-state index in [2.05, 4.69) is 20.4 Å². The van der Waals surface area contributed by atoms with Crippen molar-refractivity contribution in [2.24, 2.45) is 7.05 Å². The fraction of sp³-hybridized carbons (Fsp3) is 0.222. The number of pyridine rings is 2. The Kier molecular flexibility index (Phi) is 4.12. The lowest BCUT2D eigenvalue weighted by atomic mass is 10.0. The Hall–Kier alpha value is -3.02. The normalized spacial score (nSPS) is 10.7. The molecule has 6 heteroatoms. The molecule has 0 aliphatic carbocycles. The molecule has 3 aromatic heterocycles. The molecule has 6 nitrogen and oxygen atoms in total. The first-order valence-corrected chi connectivity index (χ1v) is 7.65. The van der Waals surface area contributed by atoms with Gasteiger partial charge in [-0.2, -0.15) is 5.10 Å². The summed E-state index contributed by atoms with van der Waals surface area (Å²) < 4.78 is 1.63. The Morgan fingerprint density at radius 2 is 1.92 bits per heavy atom. The third-order valence-corrected chi connectivity index (χ3v) is 3.69. The first kappa shape index (κ1) is 15.9. The quantitative estimate of drug-likeness (QED) is 0.804. The summed E-state index contributed by atoms with van der Waals surface area (Å²) in [6.45, 7) is 5.83. The Balaban J connectivity index is 1.96. The number of rotatable bonds is 3. The number of nitrogens with one attached hydrogen (secondary N) is 1. The molecule has 1 amide bonds. The first-order valence-electron chi connectivity index (χ1n) is 7.65. The highest BCUT2D eigenvalue weighted by molar-refractivity contribution is 6.03. The van der Waals surface area contributed by atoms with Crippen LogP contribution >= 0.6 is 0 Å². The molecule has 0 atom stereocenters. The molecular formula is C18H19N5O. The van der Waals surface area contributed by atoms with E-state index < -0.39 is 0 Å². The van der Waals surface area contributed by atoms with Gasteiger partial charge in [-0.3, -0.25) is 14.5 Å².